The Labute approximate surface area is 165 Å². The second-order valence-corrected chi connectivity index (χ2v) is 5.80. The molecule has 4 N–H and O–H groups in total. The van der Waals surface area contributed by atoms with Crippen molar-refractivity contribution in [3.05, 3.63) is 25.3 Å². The van der Waals surface area contributed by atoms with Gasteiger partial charge in [0.2, 0.25) is 11.8 Å². The molecule has 4 amide bonds. The maximum atomic E-state index is 11.5. The van der Waals surface area contributed by atoms with Gasteiger partial charge in [0.1, 0.15) is 0 Å². The summed E-state index contributed by atoms with van der Waals surface area (Å²) in [4.78, 5) is 44.7. The van der Waals surface area contributed by atoms with Crippen LogP contribution >= 0.6 is 0 Å². The Hall–Kier alpha value is -3.04. The van der Waals surface area contributed by atoms with Crippen LogP contribution in [0.4, 0.5) is 9.59 Å². The van der Waals surface area contributed by atoms with E-state index in [9.17, 15) is 19.2 Å². The Morgan fingerprint density at radius 3 is 1.46 bits per heavy atom. The van der Waals surface area contributed by atoms with Crippen LogP contribution < -0.4 is 21.3 Å². The van der Waals surface area contributed by atoms with Gasteiger partial charge in [-0.25, -0.2) is 9.59 Å². The topological polar surface area (TPSA) is 135 Å². The lowest BCUT2D eigenvalue weighted by molar-refractivity contribution is -0.117. The van der Waals surface area contributed by atoms with Crippen molar-refractivity contribution in [2.24, 2.45) is 5.92 Å². The number of rotatable bonds is 14. The van der Waals surface area contributed by atoms with E-state index in [0.717, 1.165) is 12.2 Å². The number of hydrogen-bond acceptors (Lipinski definition) is 6. The summed E-state index contributed by atoms with van der Waals surface area (Å²) in [6.45, 7) is 10.2. The van der Waals surface area contributed by atoms with Gasteiger partial charge in [0.05, 0.1) is 13.2 Å². The lowest BCUT2D eigenvalue weighted by Crippen LogP contribution is -2.34. The van der Waals surface area contributed by atoms with Crippen molar-refractivity contribution < 1.29 is 28.7 Å². The van der Waals surface area contributed by atoms with Gasteiger partial charge in [-0.1, -0.05) is 20.1 Å². The summed E-state index contributed by atoms with van der Waals surface area (Å²) in [5.74, 6) is -0.418. The summed E-state index contributed by atoms with van der Waals surface area (Å²) in [5.41, 5.74) is 0. The zero-order valence-electron chi connectivity index (χ0n) is 16.3. The smallest absolute Gasteiger partial charge is 0.407 e. The molecule has 10 heteroatoms. The SMILES string of the molecule is C=CC(=O)NCCNC(=O)OCCC(C)CCOC(=O)NCCNC(=O)C=C. The minimum atomic E-state index is -0.556. The van der Waals surface area contributed by atoms with Gasteiger partial charge in [-0.15, -0.1) is 0 Å². The van der Waals surface area contributed by atoms with Crippen LogP contribution in [0.2, 0.25) is 0 Å². The first-order valence-corrected chi connectivity index (χ1v) is 9.00. The van der Waals surface area contributed by atoms with Gasteiger partial charge in [-0.3, -0.25) is 9.59 Å². The third-order valence-electron chi connectivity index (χ3n) is 3.45. The molecule has 0 rings (SSSR count). The van der Waals surface area contributed by atoms with Gasteiger partial charge in [-0.05, 0) is 30.9 Å². The summed E-state index contributed by atoms with van der Waals surface area (Å²) < 4.78 is 10.0. The number of hydrogen-bond donors (Lipinski definition) is 4. The molecule has 0 saturated heterocycles. The second-order valence-electron chi connectivity index (χ2n) is 5.80. The van der Waals surface area contributed by atoms with Crippen LogP contribution in [0.3, 0.4) is 0 Å². The summed E-state index contributed by atoms with van der Waals surface area (Å²) in [5, 5.41) is 10.1. The quantitative estimate of drug-likeness (QED) is 0.248. The molecule has 0 aromatic rings. The Balaban J connectivity index is 3.59. The summed E-state index contributed by atoms with van der Waals surface area (Å²) in [6, 6.07) is 0. The highest BCUT2D eigenvalue weighted by Gasteiger charge is 2.08. The van der Waals surface area contributed by atoms with Gasteiger partial charge in [0.25, 0.3) is 0 Å². The molecule has 0 aromatic carbocycles. The van der Waals surface area contributed by atoms with Crippen molar-refractivity contribution in [2.45, 2.75) is 19.8 Å². The predicted octanol–water partition coefficient (Wildman–Crippen LogP) is 0.460. The van der Waals surface area contributed by atoms with Gasteiger partial charge in [-0.2, -0.15) is 0 Å². The Kier molecular flexibility index (Phi) is 14.4. The van der Waals surface area contributed by atoms with Crippen molar-refractivity contribution in [3.8, 4) is 0 Å². The van der Waals surface area contributed by atoms with E-state index in [4.69, 9.17) is 9.47 Å². The number of alkyl carbamates (subject to hydrolysis) is 2. The standard InChI is InChI=1S/C18H30N4O6/c1-4-15(23)19-8-10-21-17(25)27-12-6-14(3)7-13-28-18(26)22-11-9-20-16(24)5-2/h4-5,14H,1-2,6-13H2,3H3,(H,19,23)(H,20,24)(H,21,25)(H,22,26). The molecule has 0 radical (unpaired) electrons. The molecule has 0 fully saturated rings. The van der Waals surface area contributed by atoms with E-state index < -0.39 is 12.2 Å². The fourth-order valence-corrected chi connectivity index (χ4v) is 1.80. The molecule has 0 heterocycles. The molecule has 0 aromatic heterocycles. The highest BCUT2D eigenvalue weighted by Crippen LogP contribution is 2.07. The van der Waals surface area contributed by atoms with Gasteiger partial charge in [0, 0.05) is 26.2 Å². The fraction of sp³-hybridized carbons (Fsp3) is 0.556. The zero-order chi connectivity index (χ0) is 21.2. The molecule has 0 aliphatic heterocycles. The normalized spacial score (nSPS) is 9.79. The van der Waals surface area contributed by atoms with E-state index in [-0.39, 0.29) is 57.1 Å². The van der Waals surface area contributed by atoms with E-state index in [0.29, 0.717) is 12.8 Å². The Bertz CT molecular complexity index is 492. The van der Waals surface area contributed by atoms with Gasteiger partial charge >= 0.3 is 12.2 Å². The van der Waals surface area contributed by atoms with Crippen LogP contribution in [-0.4, -0.2) is 63.4 Å². The predicted molar refractivity (Wildman–Crippen MR) is 104 cm³/mol. The van der Waals surface area contributed by atoms with Crippen molar-refractivity contribution >= 4 is 24.0 Å². The number of nitrogens with one attached hydrogen (secondary N) is 4. The molecule has 158 valence electrons. The number of ether oxygens (including phenoxy) is 2. The van der Waals surface area contributed by atoms with Crippen LogP contribution in [0.5, 0.6) is 0 Å². The first-order valence-electron chi connectivity index (χ1n) is 9.00. The van der Waals surface area contributed by atoms with Crippen LogP contribution in [0.15, 0.2) is 25.3 Å². The van der Waals surface area contributed by atoms with Crippen molar-refractivity contribution in [1.82, 2.24) is 21.3 Å². The average Bonchev–Trinajstić information content (AvgIpc) is 2.68. The molecule has 0 spiro atoms. The van der Waals surface area contributed by atoms with Crippen molar-refractivity contribution in [3.63, 3.8) is 0 Å². The summed E-state index contributed by atoms with van der Waals surface area (Å²) in [7, 11) is 0. The first kappa shape index (κ1) is 25.0. The number of amides is 4. The Morgan fingerprint density at radius 1 is 0.750 bits per heavy atom. The summed E-state index contributed by atoms with van der Waals surface area (Å²) >= 11 is 0. The molecule has 0 saturated carbocycles. The molecule has 0 aliphatic rings. The molecule has 0 bridgehead atoms. The minimum absolute atomic E-state index is 0.194. The van der Waals surface area contributed by atoms with Crippen molar-refractivity contribution in [1.29, 1.82) is 0 Å². The molecule has 10 nitrogen and oxygen atoms in total. The lowest BCUT2D eigenvalue weighted by atomic mass is 10.1. The highest BCUT2D eigenvalue weighted by molar-refractivity contribution is 5.87. The number of carbonyl (C=O) groups excluding carboxylic acids is 4. The third-order valence-corrected chi connectivity index (χ3v) is 3.45. The maximum Gasteiger partial charge on any atom is 0.407 e. The molecule has 0 aliphatic carbocycles. The molecular weight excluding hydrogens is 368 g/mol. The molecule has 0 atom stereocenters. The van der Waals surface area contributed by atoms with E-state index >= 15 is 0 Å². The largest absolute Gasteiger partial charge is 0.450 e. The minimum Gasteiger partial charge on any atom is -0.450 e. The molecular formula is C18H30N4O6. The molecule has 28 heavy (non-hydrogen) atoms. The third kappa shape index (κ3) is 15.2. The van der Waals surface area contributed by atoms with Crippen molar-refractivity contribution in [2.75, 3.05) is 39.4 Å². The van der Waals surface area contributed by atoms with Crippen LogP contribution in [-0.2, 0) is 19.1 Å². The van der Waals surface area contributed by atoms with Gasteiger partial charge < -0.3 is 30.7 Å². The van der Waals surface area contributed by atoms with E-state index in [1.54, 1.807) is 0 Å². The summed E-state index contributed by atoms with van der Waals surface area (Å²) in [6.07, 6.45) is 2.44. The average molecular weight is 398 g/mol. The zero-order valence-corrected chi connectivity index (χ0v) is 16.3. The van der Waals surface area contributed by atoms with E-state index in [2.05, 4.69) is 34.4 Å². The van der Waals surface area contributed by atoms with Crippen LogP contribution in [0.25, 0.3) is 0 Å². The van der Waals surface area contributed by atoms with Crippen LogP contribution in [0.1, 0.15) is 19.8 Å². The first-order chi connectivity index (χ1) is 13.4. The van der Waals surface area contributed by atoms with E-state index in [1.807, 2.05) is 6.92 Å². The van der Waals surface area contributed by atoms with E-state index in [1.165, 1.54) is 0 Å². The second kappa shape index (κ2) is 16.2. The highest BCUT2D eigenvalue weighted by atomic mass is 16.6. The van der Waals surface area contributed by atoms with Gasteiger partial charge in [0.15, 0.2) is 0 Å². The maximum absolute atomic E-state index is 11.5. The molecule has 0 unspecified atom stereocenters. The fourth-order valence-electron chi connectivity index (χ4n) is 1.80. The number of carbonyl (C=O) groups is 4. The Morgan fingerprint density at radius 2 is 1.11 bits per heavy atom. The lowest BCUT2D eigenvalue weighted by Gasteiger charge is -2.13. The van der Waals surface area contributed by atoms with Crippen LogP contribution in [0, 0.1) is 5.92 Å². The monoisotopic (exact) mass is 398 g/mol.